The van der Waals surface area contributed by atoms with E-state index < -0.39 is 5.97 Å². The average molecular weight is 315 g/mol. The molecule has 0 amide bonds. The van der Waals surface area contributed by atoms with Gasteiger partial charge in [-0.15, -0.1) is 0 Å². The molecule has 0 N–H and O–H groups in total. The summed E-state index contributed by atoms with van der Waals surface area (Å²) >= 11 is 0. The van der Waals surface area contributed by atoms with Crippen LogP contribution >= 0.6 is 0 Å². The van der Waals surface area contributed by atoms with E-state index in [0.717, 1.165) is 31.2 Å². The van der Waals surface area contributed by atoms with Gasteiger partial charge in [-0.3, -0.25) is 0 Å². The van der Waals surface area contributed by atoms with Gasteiger partial charge in [0.25, 0.3) is 0 Å². The molecule has 0 bridgehead atoms. The van der Waals surface area contributed by atoms with Gasteiger partial charge in [0.15, 0.2) is 0 Å². The number of aromatic nitrogens is 1. The highest BCUT2D eigenvalue weighted by Gasteiger charge is 2.20. The highest BCUT2D eigenvalue weighted by Crippen LogP contribution is 2.32. The molecule has 1 saturated carbocycles. The molecule has 0 atom stereocenters. The molecule has 0 aliphatic heterocycles. The zero-order valence-electron chi connectivity index (χ0n) is 12.9. The summed E-state index contributed by atoms with van der Waals surface area (Å²) in [6.45, 7) is 0. The Kier molecular flexibility index (Phi) is 4.55. The quantitative estimate of drug-likeness (QED) is 0.800. The standard InChI is InChI=1S/C18H18FNO3/c1-22-18(21)13-10-16(12-6-8-14(19)9-7-12)17(20-11-13)23-15-4-2-3-5-15/h6-11,15H,2-5H2,1H3. The minimum atomic E-state index is -0.465. The molecule has 23 heavy (non-hydrogen) atoms. The molecular weight excluding hydrogens is 297 g/mol. The fraction of sp³-hybridized carbons (Fsp3) is 0.333. The molecule has 1 fully saturated rings. The zero-order chi connectivity index (χ0) is 16.2. The number of benzene rings is 1. The van der Waals surface area contributed by atoms with Gasteiger partial charge in [-0.1, -0.05) is 12.1 Å². The Labute approximate surface area is 134 Å². The third-order valence-electron chi connectivity index (χ3n) is 4.01. The number of rotatable bonds is 4. The summed E-state index contributed by atoms with van der Waals surface area (Å²) in [5.41, 5.74) is 1.75. The summed E-state index contributed by atoms with van der Waals surface area (Å²) in [5, 5.41) is 0. The van der Waals surface area contributed by atoms with Crippen LogP contribution in [-0.2, 0) is 4.74 Å². The minimum Gasteiger partial charge on any atom is -0.474 e. The first-order valence-electron chi connectivity index (χ1n) is 7.68. The van der Waals surface area contributed by atoms with Crippen LogP contribution in [-0.4, -0.2) is 24.2 Å². The first kappa shape index (κ1) is 15.5. The van der Waals surface area contributed by atoms with Crippen molar-refractivity contribution in [1.29, 1.82) is 0 Å². The number of nitrogens with zero attached hydrogens (tertiary/aromatic N) is 1. The number of halogens is 1. The van der Waals surface area contributed by atoms with Crippen LogP contribution in [0, 0.1) is 5.82 Å². The second kappa shape index (κ2) is 6.77. The van der Waals surface area contributed by atoms with Crippen molar-refractivity contribution in [2.45, 2.75) is 31.8 Å². The molecule has 0 saturated heterocycles. The van der Waals surface area contributed by atoms with Crippen LogP contribution in [0.5, 0.6) is 5.88 Å². The van der Waals surface area contributed by atoms with Crippen LogP contribution in [0.2, 0.25) is 0 Å². The summed E-state index contributed by atoms with van der Waals surface area (Å²) < 4.78 is 23.9. The topological polar surface area (TPSA) is 48.4 Å². The van der Waals surface area contributed by atoms with Crippen LogP contribution in [0.15, 0.2) is 36.5 Å². The van der Waals surface area contributed by atoms with Crippen LogP contribution < -0.4 is 4.74 Å². The highest BCUT2D eigenvalue weighted by molar-refractivity contribution is 5.91. The number of ether oxygens (including phenoxy) is 2. The number of hydrogen-bond acceptors (Lipinski definition) is 4. The molecule has 1 aliphatic carbocycles. The smallest absolute Gasteiger partial charge is 0.339 e. The third-order valence-corrected chi connectivity index (χ3v) is 4.01. The van der Waals surface area contributed by atoms with Crippen LogP contribution in [0.25, 0.3) is 11.1 Å². The average Bonchev–Trinajstić information content (AvgIpc) is 3.08. The van der Waals surface area contributed by atoms with Crippen molar-refractivity contribution in [3.63, 3.8) is 0 Å². The number of carbonyl (C=O) groups excluding carboxylic acids is 1. The zero-order valence-corrected chi connectivity index (χ0v) is 12.9. The van der Waals surface area contributed by atoms with Crippen LogP contribution in [0.3, 0.4) is 0 Å². The van der Waals surface area contributed by atoms with Crippen molar-refractivity contribution in [3.8, 4) is 17.0 Å². The van der Waals surface area contributed by atoms with Gasteiger partial charge in [-0.25, -0.2) is 14.2 Å². The second-order valence-electron chi connectivity index (χ2n) is 5.60. The van der Waals surface area contributed by atoms with Crippen molar-refractivity contribution in [2.75, 3.05) is 7.11 Å². The van der Waals surface area contributed by atoms with E-state index in [1.165, 1.54) is 25.4 Å². The Bertz CT molecular complexity index is 694. The summed E-state index contributed by atoms with van der Waals surface area (Å²) in [6, 6.07) is 7.72. The molecule has 1 aromatic heterocycles. The maximum atomic E-state index is 13.2. The molecule has 1 aliphatic rings. The number of methoxy groups -OCH3 is 1. The van der Waals surface area contributed by atoms with Gasteiger partial charge in [-0.05, 0) is 49.4 Å². The van der Waals surface area contributed by atoms with E-state index in [9.17, 15) is 9.18 Å². The van der Waals surface area contributed by atoms with E-state index in [1.807, 2.05) is 0 Å². The minimum absolute atomic E-state index is 0.144. The Morgan fingerprint density at radius 1 is 1.22 bits per heavy atom. The summed E-state index contributed by atoms with van der Waals surface area (Å²) in [7, 11) is 1.32. The molecule has 1 aromatic carbocycles. The predicted octanol–water partition coefficient (Wildman–Crippen LogP) is 4.00. The molecule has 1 heterocycles. The fourth-order valence-corrected chi connectivity index (χ4v) is 2.78. The molecule has 0 spiro atoms. The Hall–Kier alpha value is -2.43. The number of hydrogen-bond donors (Lipinski definition) is 0. The van der Waals surface area contributed by atoms with Gasteiger partial charge in [0.2, 0.25) is 5.88 Å². The molecule has 4 nitrogen and oxygen atoms in total. The van der Waals surface area contributed by atoms with Crippen molar-refractivity contribution >= 4 is 5.97 Å². The third kappa shape index (κ3) is 3.50. The maximum absolute atomic E-state index is 13.2. The van der Waals surface area contributed by atoms with Crippen molar-refractivity contribution in [1.82, 2.24) is 4.98 Å². The molecule has 5 heteroatoms. The highest BCUT2D eigenvalue weighted by atomic mass is 19.1. The van der Waals surface area contributed by atoms with Crippen LogP contribution in [0.4, 0.5) is 4.39 Å². The van der Waals surface area contributed by atoms with E-state index in [0.29, 0.717) is 17.0 Å². The Morgan fingerprint density at radius 3 is 2.57 bits per heavy atom. The van der Waals surface area contributed by atoms with Crippen molar-refractivity contribution < 1.29 is 18.7 Å². The summed E-state index contributed by atoms with van der Waals surface area (Å²) in [5.74, 6) is -0.312. The maximum Gasteiger partial charge on any atom is 0.339 e. The van der Waals surface area contributed by atoms with Crippen LogP contribution in [0.1, 0.15) is 36.0 Å². The SMILES string of the molecule is COC(=O)c1cnc(OC2CCCC2)c(-c2ccc(F)cc2)c1. The van der Waals surface area contributed by atoms with Crippen molar-refractivity contribution in [2.24, 2.45) is 0 Å². The van der Waals surface area contributed by atoms with Gasteiger partial charge in [-0.2, -0.15) is 0 Å². The van der Waals surface area contributed by atoms with E-state index in [-0.39, 0.29) is 11.9 Å². The monoisotopic (exact) mass is 315 g/mol. The van der Waals surface area contributed by atoms with Crippen molar-refractivity contribution in [3.05, 3.63) is 47.9 Å². The molecular formula is C18H18FNO3. The summed E-state index contributed by atoms with van der Waals surface area (Å²) in [6.07, 6.45) is 5.90. The lowest BCUT2D eigenvalue weighted by molar-refractivity contribution is 0.0600. The van der Waals surface area contributed by atoms with Gasteiger partial charge < -0.3 is 9.47 Å². The predicted molar refractivity (Wildman–Crippen MR) is 83.9 cm³/mol. The molecule has 2 aromatic rings. The normalized spacial score (nSPS) is 14.7. The van der Waals surface area contributed by atoms with E-state index in [4.69, 9.17) is 9.47 Å². The lowest BCUT2D eigenvalue weighted by Crippen LogP contribution is -2.13. The van der Waals surface area contributed by atoms with Gasteiger partial charge >= 0.3 is 5.97 Å². The fourth-order valence-electron chi connectivity index (χ4n) is 2.78. The van der Waals surface area contributed by atoms with Gasteiger partial charge in [0.1, 0.15) is 11.9 Å². The number of esters is 1. The second-order valence-corrected chi connectivity index (χ2v) is 5.60. The summed E-state index contributed by atoms with van der Waals surface area (Å²) in [4.78, 5) is 16.0. The van der Waals surface area contributed by atoms with E-state index in [2.05, 4.69) is 4.98 Å². The number of pyridine rings is 1. The first-order chi connectivity index (χ1) is 11.2. The Balaban J connectivity index is 1.99. The molecule has 0 unspecified atom stereocenters. The largest absolute Gasteiger partial charge is 0.474 e. The molecule has 3 rings (SSSR count). The molecule has 0 radical (unpaired) electrons. The lowest BCUT2D eigenvalue weighted by Gasteiger charge is -2.16. The van der Waals surface area contributed by atoms with Gasteiger partial charge in [0, 0.05) is 11.8 Å². The first-order valence-corrected chi connectivity index (χ1v) is 7.68. The molecule has 120 valence electrons. The lowest BCUT2D eigenvalue weighted by atomic mass is 10.1. The van der Waals surface area contributed by atoms with E-state index in [1.54, 1.807) is 18.2 Å². The van der Waals surface area contributed by atoms with Gasteiger partial charge in [0.05, 0.1) is 12.7 Å². The Morgan fingerprint density at radius 2 is 1.91 bits per heavy atom. The van der Waals surface area contributed by atoms with E-state index >= 15 is 0 Å². The number of carbonyl (C=O) groups is 1.